The van der Waals surface area contributed by atoms with Gasteiger partial charge in [0.2, 0.25) is 5.91 Å². The highest BCUT2D eigenvalue weighted by Gasteiger charge is 2.44. The predicted molar refractivity (Wildman–Crippen MR) is 30.2 cm³/mol. The van der Waals surface area contributed by atoms with Crippen molar-refractivity contribution in [2.75, 3.05) is 7.05 Å². The topological polar surface area (TPSA) is 46.1 Å². The van der Waals surface area contributed by atoms with E-state index in [9.17, 15) is 4.79 Å². The first-order chi connectivity index (χ1) is 3.64. The Bertz CT molecular complexity index is 116. The van der Waals surface area contributed by atoms with Crippen molar-refractivity contribution in [2.45, 2.75) is 19.0 Å². The maximum atomic E-state index is 10.4. The number of rotatable bonds is 1. The van der Waals surface area contributed by atoms with Crippen molar-refractivity contribution in [2.24, 2.45) is 5.73 Å². The van der Waals surface area contributed by atoms with Gasteiger partial charge in [0.1, 0.15) is 6.04 Å². The van der Waals surface area contributed by atoms with Crippen molar-refractivity contribution in [3.63, 3.8) is 0 Å². The minimum absolute atomic E-state index is 0.00926. The first kappa shape index (κ1) is 5.56. The fourth-order valence-corrected chi connectivity index (χ4v) is 0.932. The first-order valence-electron chi connectivity index (χ1n) is 2.66. The van der Waals surface area contributed by atoms with E-state index in [4.69, 9.17) is 5.73 Å². The smallest absolute Gasteiger partial charge is 0.236 e. The van der Waals surface area contributed by atoms with Gasteiger partial charge in [0, 0.05) is 6.04 Å². The fraction of sp³-hybridized carbons (Fsp3) is 0.800. The summed E-state index contributed by atoms with van der Waals surface area (Å²) in [7, 11) is 1.89. The van der Waals surface area contributed by atoms with Gasteiger partial charge in [-0.15, -0.1) is 0 Å². The number of primary amides is 1. The van der Waals surface area contributed by atoms with Gasteiger partial charge in [0.05, 0.1) is 0 Å². The van der Waals surface area contributed by atoms with Gasteiger partial charge in [-0.3, -0.25) is 9.69 Å². The second-order valence-corrected chi connectivity index (χ2v) is 2.25. The first-order valence-corrected chi connectivity index (χ1v) is 2.66. The summed E-state index contributed by atoms with van der Waals surface area (Å²) in [6.07, 6.45) is 0. The van der Waals surface area contributed by atoms with E-state index in [1.807, 2.05) is 18.9 Å². The third-order valence-corrected chi connectivity index (χ3v) is 1.74. The standard InChI is InChI=1S/C5H10N2O/c1-3-4(5(6)8)7(3)2/h3-4H,1-2H3,(H2,6,8)/t3-,4?,7?/m0/s1. The van der Waals surface area contributed by atoms with Crippen LogP contribution in [0.15, 0.2) is 0 Å². The zero-order valence-corrected chi connectivity index (χ0v) is 5.09. The molecule has 1 aliphatic heterocycles. The van der Waals surface area contributed by atoms with Gasteiger partial charge in [-0.05, 0) is 14.0 Å². The van der Waals surface area contributed by atoms with Gasteiger partial charge < -0.3 is 5.73 Å². The van der Waals surface area contributed by atoms with E-state index < -0.39 is 0 Å². The Hall–Kier alpha value is -0.570. The lowest BCUT2D eigenvalue weighted by Crippen LogP contribution is -2.20. The van der Waals surface area contributed by atoms with E-state index in [2.05, 4.69) is 0 Å². The minimum Gasteiger partial charge on any atom is -0.368 e. The zero-order valence-electron chi connectivity index (χ0n) is 5.09. The Kier molecular flexibility index (Phi) is 1.01. The molecule has 1 amide bonds. The second-order valence-electron chi connectivity index (χ2n) is 2.25. The van der Waals surface area contributed by atoms with Crippen molar-refractivity contribution in [1.82, 2.24) is 4.90 Å². The molecule has 0 radical (unpaired) electrons. The van der Waals surface area contributed by atoms with Crippen molar-refractivity contribution >= 4 is 5.91 Å². The molecule has 1 fully saturated rings. The average Bonchev–Trinajstić information content (AvgIpc) is 2.15. The normalized spacial score (nSPS) is 44.0. The molecule has 0 bridgehead atoms. The lowest BCUT2D eigenvalue weighted by atomic mass is 10.3. The van der Waals surface area contributed by atoms with Crippen LogP contribution in [0.4, 0.5) is 0 Å². The number of nitrogens with two attached hydrogens (primary N) is 1. The van der Waals surface area contributed by atoms with Gasteiger partial charge in [-0.25, -0.2) is 0 Å². The van der Waals surface area contributed by atoms with E-state index in [-0.39, 0.29) is 11.9 Å². The molecule has 3 nitrogen and oxygen atoms in total. The highest BCUT2D eigenvalue weighted by atomic mass is 16.1. The maximum Gasteiger partial charge on any atom is 0.236 e. The van der Waals surface area contributed by atoms with E-state index >= 15 is 0 Å². The van der Waals surface area contributed by atoms with Crippen molar-refractivity contribution in [3.8, 4) is 0 Å². The van der Waals surface area contributed by atoms with Gasteiger partial charge in [-0.2, -0.15) is 0 Å². The fourth-order valence-electron chi connectivity index (χ4n) is 0.932. The van der Waals surface area contributed by atoms with Crippen LogP contribution in [0.25, 0.3) is 0 Å². The predicted octanol–water partition coefficient (Wildman–Crippen LogP) is -0.826. The molecule has 0 aromatic rings. The Labute approximate surface area is 48.5 Å². The van der Waals surface area contributed by atoms with Crippen LogP contribution in [0, 0.1) is 0 Å². The number of carbonyl (C=O) groups is 1. The largest absolute Gasteiger partial charge is 0.368 e. The van der Waals surface area contributed by atoms with Gasteiger partial charge in [-0.1, -0.05) is 0 Å². The Morgan fingerprint density at radius 2 is 2.12 bits per heavy atom. The SMILES string of the molecule is C[C@H]1C(C(N)=O)N1C. The molecule has 0 aromatic heterocycles. The summed E-state index contributed by atoms with van der Waals surface area (Å²) in [4.78, 5) is 12.3. The van der Waals surface area contributed by atoms with Gasteiger partial charge >= 0.3 is 0 Å². The minimum atomic E-state index is -0.208. The van der Waals surface area contributed by atoms with Gasteiger partial charge in [0.15, 0.2) is 0 Å². The number of carbonyl (C=O) groups excluding carboxylic acids is 1. The lowest BCUT2D eigenvalue weighted by molar-refractivity contribution is -0.118. The summed E-state index contributed by atoms with van der Waals surface area (Å²) in [6.45, 7) is 1.98. The third-order valence-electron chi connectivity index (χ3n) is 1.74. The Morgan fingerprint density at radius 3 is 2.12 bits per heavy atom. The van der Waals surface area contributed by atoms with E-state index in [1.165, 1.54) is 0 Å². The number of amides is 1. The van der Waals surface area contributed by atoms with Gasteiger partial charge in [0.25, 0.3) is 0 Å². The molecule has 1 rings (SSSR count). The van der Waals surface area contributed by atoms with E-state index in [1.54, 1.807) is 0 Å². The number of hydrogen-bond donors (Lipinski definition) is 1. The second kappa shape index (κ2) is 1.45. The van der Waals surface area contributed by atoms with Crippen LogP contribution in [0.1, 0.15) is 6.92 Å². The highest BCUT2D eigenvalue weighted by Crippen LogP contribution is 2.23. The molecule has 3 atom stereocenters. The van der Waals surface area contributed by atoms with Crippen molar-refractivity contribution in [1.29, 1.82) is 0 Å². The van der Waals surface area contributed by atoms with Crippen LogP contribution in [0.2, 0.25) is 0 Å². The number of likely N-dealkylation sites (N-methyl/N-ethyl adjacent to an activating group) is 1. The summed E-state index contributed by atoms with van der Waals surface area (Å²) in [5.74, 6) is -0.208. The molecule has 2 N–H and O–H groups in total. The monoisotopic (exact) mass is 114 g/mol. The molecule has 46 valence electrons. The zero-order chi connectivity index (χ0) is 6.31. The summed E-state index contributed by atoms with van der Waals surface area (Å²) >= 11 is 0. The third kappa shape index (κ3) is 0.591. The van der Waals surface area contributed by atoms with Crippen LogP contribution in [-0.2, 0) is 4.79 Å². The van der Waals surface area contributed by atoms with E-state index in [0.29, 0.717) is 6.04 Å². The molecular formula is C5H10N2O. The van der Waals surface area contributed by atoms with Crippen LogP contribution < -0.4 is 5.73 Å². The van der Waals surface area contributed by atoms with Crippen LogP contribution >= 0.6 is 0 Å². The molecular weight excluding hydrogens is 104 g/mol. The van der Waals surface area contributed by atoms with E-state index in [0.717, 1.165) is 0 Å². The van der Waals surface area contributed by atoms with Crippen LogP contribution in [0.3, 0.4) is 0 Å². The van der Waals surface area contributed by atoms with Crippen LogP contribution in [-0.4, -0.2) is 29.9 Å². The summed E-state index contributed by atoms with van der Waals surface area (Å²) < 4.78 is 0. The van der Waals surface area contributed by atoms with Crippen molar-refractivity contribution in [3.05, 3.63) is 0 Å². The number of nitrogens with zero attached hydrogens (tertiary/aromatic N) is 1. The van der Waals surface area contributed by atoms with Crippen molar-refractivity contribution < 1.29 is 4.79 Å². The quantitative estimate of drug-likeness (QED) is 0.452. The molecule has 3 heteroatoms. The summed E-state index contributed by atoms with van der Waals surface area (Å²) in [5.41, 5.74) is 5.00. The molecule has 2 unspecified atom stereocenters. The summed E-state index contributed by atoms with van der Waals surface area (Å²) in [6, 6.07) is 0.377. The highest BCUT2D eigenvalue weighted by molar-refractivity contribution is 5.83. The Balaban J connectivity index is 2.44. The molecule has 0 spiro atoms. The Morgan fingerprint density at radius 1 is 1.75 bits per heavy atom. The van der Waals surface area contributed by atoms with Crippen LogP contribution in [0.5, 0.6) is 0 Å². The molecule has 0 aromatic carbocycles. The molecule has 1 aliphatic rings. The lowest BCUT2D eigenvalue weighted by Gasteiger charge is -1.83. The molecule has 8 heavy (non-hydrogen) atoms. The average molecular weight is 114 g/mol. The molecule has 0 aliphatic carbocycles. The molecule has 0 saturated carbocycles. The summed E-state index contributed by atoms with van der Waals surface area (Å²) in [5, 5.41) is 0. The maximum absolute atomic E-state index is 10.4. The molecule has 1 heterocycles. The number of hydrogen-bond acceptors (Lipinski definition) is 2. The molecule has 1 saturated heterocycles.